The summed E-state index contributed by atoms with van der Waals surface area (Å²) in [6, 6.07) is 4.75. The van der Waals surface area contributed by atoms with Crippen molar-refractivity contribution in [1.29, 1.82) is 0 Å². The number of likely N-dealkylation sites (N-methyl/N-ethyl adjacent to an activating group) is 1. The summed E-state index contributed by atoms with van der Waals surface area (Å²) in [5.74, 6) is -1.15. The molecule has 0 bridgehead atoms. The maximum absolute atomic E-state index is 12.9. The van der Waals surface area contributed by atoms with Gasteiger partial charge in [-0.1, -0.05) is 0 Å². The van der Waals surface area contributed by atoms with Gasteiger partial charge < -0.3 is 16.0 Å². The maximum Gasteiger partial charge on any atom is 0.319 e. The number of sulfonamides is 1. The smallest absolute Gasteiger partial charge is 0.319 e. The first-order valence-corrected chi connectivity index (χ1v) is 12.8. The molecule has 0 aliphatic carbocycles. The van der Waals surface area contributed by atoms with Gasteiger partial charge in [-0.3, -0.25) is 14.9 Å². The van der Waals surface area contributed by atoms with Gasteiger partial charge in [0.2, 0.25) is 10.0 Å². The van der Waals surface area contributed by atoms with E-state index in [2.05, 4.69) is 15.5 Å². The molecule has 0 radical (unpaired) electrons. The van der Waals surface area contributed by atoms with Crippen molar-refractivity contribution < 1.29 is 22.8 Å². The predicted octanol–water partition coefficient (Wildman–Crippen LogP) is 1.58. The molecular formula is C21H25N5O5S2. The number of nitrogens with two attached hydrogens (primary N) is 1. The Morgan fingerprint density at radius 1 is 1.03 bits per heavy atom. The number of hydrogen-bond donors (Lipinski definition) is 3. The van der Waals surface area contributed by atoms with Crippen LogP contribution in [0.1, 0.15) is 44.0 Å². The van der Waals surface area contributed by atoms with Crippen LogP contribution in [0, 0.1) is 0 Å². The third-order valence-electron chi connectivity index (χ3n) is 5.76. The van der Waals surface area contributed by atoms with Crippen molar-refractivity contribution in [3.05, 3.63) is 45.8 Å². The van der Waals surface area contributed by atoms with E-state index >= 15 is 0 Å². The van der Waals surface area contributed by atoms with Crippen LogP contribution in [0.4, 0.5) is 9.80 Å². The Kier molecular flexibility index (Phi) is 6.52. The zero-order valence-corrected chi connectivity index (χ0v) is 19.7. The van der Waals surface area contributed by atoms with Crippen LogP contribution in [-0.4, -0.2) is 62.2 Å². The zero-order valence-electron chi connectivity index (χ0n) is 18.1. The SMILES string of the molecule is CN1CCc2c(sc(NC(=O)c3ccc(S(=O)(=O)N4CCCC4)cc3)c2C(=O)NC(N)=O)C1. The highest BCUT2D eigenvalue weighted by molar-refractivity contribution is 7.89. The van der Waals surface area contributed by atoms with Gasteiger partial charge in [-0.15, -0.1) is 11.3 Å². The average molecular weight is 492 g/mol. The molecule has 4 N–H and O–H groups in total. The van der Waals surface area contributed by atoms with E-state index in [4.69, 9.17) is 5.73 Å². The number of carbonyl (C=O) groups is 3. The van der Waals surface area contributed by atoms with Crippen LogP contribution in [-0.2, 0) is 23.0 Å². The second kappa shape index (κ2) is 9.21. The molecular weight excluding hydrogens is 466 g/mol. The molecule has 1 aromatic carbocycles. The largest absolute Gasteiger partial charge is 0.351 e. The van der Waals surface area contributed by atoms with Crippen molar-refractivity contribution >= 4 is 44.2 Å². The van der Waals surface area contributed by atoms with Crippen molar-refractivity contribution in [1.82, 2.24) is 14.5 Å². The first-order chi connectivity index (χ1) is 15.7. The monoisotopic (exact) mass is 491 g/mol. The molecule has 2 aliphatic rings. The van der Waals surface area contributed by atoms with Crippen LogP contribution in [0.2, 0.25) is 0 Å². The normalized spacial score (nSPS) is 16.9. The molecule has 176 valence electrons. The number of carbonyl (C=O) groups excluding carboxylic acids is 3. The third kappa shape index (κ3) is 4.78. The third-order valence-corrected chi connectivity index (χ3v) is 8.80. The van der Waals surface area contributed by atoms with E-state index < -0.39 is 27.9 Å². The summed E-state index contributed by atoms with van der Waals surface area (Å²) in [7, 11) is -1.61. The summed E-state index contributed by atoms with van der Waals surface area (Å²) >= 11 is 1.28. The molecule has 0 atom stereocenters. The van der Waals surface area contributed by atoms with Crippen LogP contribution < -0.4 is 16.4 Å². The summed E-state index contributed by atoms with van der Waals surface area (Å²) in [5.41, 5.74) is 6.40. The van der Waals surface area contributed by atoms with E-state index in [1.165, 1.54) is 39.9 Å². The fraction of sp³-hybridized carbons (Fsp3) is 0.381. The number of nitrogens with zero attached hydrogens (tertiary/aromatic N) is 2. The molecule has 2 aliphatic heterocycles. The summed E-state index contributed by atoms with van der Waals surface area (Å²) in [4.78, 5) is 40.0. The minimum absolute atomic E-state index is 0.136. The molecule has 10 nitrogen and oxygen atoms in total. The molecule has 12 heteroatoms. The maximum atomic E-state index is 12.9. The average Bonchev–Trinajstić information content (AvgIpc) is 3.41. The first-order valence-electron chi connectivity index (χ1n) is 10.5. The Labute approximate surface area is 195 Å². The molecule has 0 unspecified atom stereocenters. The zero-order chi connectivity index (χ0) is 23.8. The van der Waals surface area contributed by atoms with Crippen LogP contribution in [0.5, 0.6) is 0 Å². The first kappa shape index (κ1) is 23.4. The number of hydrogen-bond acceptors (Lipinski definition) is 7. The molecule has 33 heavy (non-hydrogen) atoms. The molecule has 1 aromatic heterocycles. The molecule has 0 spiro atoms. The highest BCUT2D eigenvalue weighted by atomic mass is 32.2. The lowest BCUT2D eigenvalue weighted by atomic mass is 10.0. The minimum Gasteiger partial charge on any atom is -0.351 e. The number of nitrogens with one attached hydrogen (secondary N) is 2. The molecule has 4 rings (SSSR count). The fourth-order valence-electron chi connectivity index (χ4n) is 4.06. The number of primary amides is 1. The number of thiophene rings is 1. The van der Waals surface area contributed by atoms with Gasteiger partial charge in [0, 0.05) is 36.6 Å². The number of benzene rings is 1. The van der Waals surface area contributed by atoms with Crippen LogP contribution in [0.15, 0.2) is 29.2 Å². The number of rotatable bonds is 5. The van der Waals surface area contributed by atoms with Crippen molar-refractivity contribution in [3.63, 3.8) is 0 Å². The number of anilines is 1. The van der Waals surface area contributed by atoms with E-state index in [1.807, 2.05) is 7.05 Å². The molecule has 3 heterocycles. The predicted molar refractivity (Wildman–Crippen MR) is 124 cm³/mol. The topological polar surface area (TPSA) is 142 Å². The highest BCUT2D eigenvalue weighted by Gasteiger charge is 2.29. The summed E-state index contributed by atoms with van der Waals surface area (Å²) < 4.78 is 26.8. The Morgan fingerprint density at radius 3 is 2.33 bits per heavy atom. The van der Waals surface area contributed by atoms with Gasteiger partial charge in [0.05, 0.1) is 10.5 Å². The second-order valence-corrected chi connectivity index (χ2v) is 11.1. The number of urea groups is 1. The second-order valence-electron chi connectivity index (χ2n) is 8.10. The van der Waals surface area contributed by atoms with E-state index in [1.54, 1.807) is 0 Å². The van der Waals surface area contributed by atoms with E-state index in [-0.39, 0.29) is 16.0 Å². The van der Waals surface area contributed by atoms with Gasteiger partial charge in [0.25, 0.3) is 11.8 Å². The molecule has 1 fully saturated rings. The van der Waals surface area contributed by atoms with E-state index in [9.17, 15) is 22.8 Å². The van der Waals surface area contributed by atoms with Gasteiger partial charge >= 0.3 is 6.03 Å². The number of imide groups is 1. The van der Waals surface area contributed by atoms with E-state index in [0.29, 0.717) is 31.1 Å². The number of amides is 4. The molecule has 1 saturated heterocycles. The lowest BCUT2D eigenvalue weighted by Gasteiger charge is -2.22. The molecule has 0 saturated carbocycles. The summed E-state index contributed by atoms with van der Waals surface area (Å²) in [6.07, 6.45) is 2.28. The molecule has 4 amide bonds. The van der Waals surface area contributed by atoms with Crippen molar-refractivity contribution in [2.45, 2.75) is 30.7 Å². The van der Waals surface area contributed by atoms with Gasteiger partial charge in [0.15, 0.2) is 0 Å². The fourth-order valence-corrected chi connectivity index (χ4v) is 6.90. The van der Waals surface area contributed by atoms with Crippen molar-refractivity contribution in [3.8, 4) is 0 Å². The van der Waals surface area contributed by atoms with Crippen LogP contribution in [0.25, 0.3) is 0 Å². The minimum atomic E-state index is -3.57. The Bertz CT molecular complexity index is 1200. The summed E-state index contributed by atoms with van der Waals surface area (Å²) in [5, 5.41) is 5.16. The van der Waals surface area contributed by atoms with Gasteiger partial charge in [-0.2, -0.15) is 4.31 Å². The lowest BCUT2D eigenvalue weighted by Crippen LogP contribution is -2.36. The van der Waals surface area contributed by atoms with Crippen LogP contribution in [0.3, 0.4) is 0 Å². The Balaban J connectivity index is 1.58. The standard InChI is InChI=1S/C21H25N5O5S2/c1-25-11-8-15-16(12-25)32-20(17(15)19(28)24-21(22)29)23-18(27)13-4-6-14(7-5-13)33(30,31)26-9-2-3-10-26/h4-7H,2-3,8-12H2,1H3,(H,23,27)(H3,22,24,28,29). The van der Waals surface area contributed by atoms with Gasteiger partial charge in [-0.25, -0.2) is 13.2 Å². The lowest BCUT2D eigenvalue weighted by molar-refractivity contribution is 0.0966. The van der Waals surface area contributed by atoms with Gasteiger partial charge in [0.1, 0.15) is 5.00 Å². The quantitative estimate of drug-likeness (QED) is 0.580. The number of fused-ring (bicyclic) bond motifs is 1. The van der Waals surface area contributed by atoms with Crippen molar-refractivity contribution in [2.75, 3.05) is 32.0 Å². The van der Waals surface area contributed by atoms with Crippen LogP contribution >= 0.6 is 11.3 Å². The van der Waals surface area contributed by atoms with Crippen molar-refractivity contribution in [2.24, 2.45) is 5.73 Å². The Hall–Kier alpha value is -2.80. The highest BCUT2D eigenvalue weighted by Crippen LogP contribution is 2.37. The van der Waals surface area contributed by atoms with Gasteiger partial charge in [-0.05, 0) is 56.1 Å². The molecule has 2 aromatic rings. The summed E-state index contributed by atoms with van der Waals surface area (Å²) in [6.45, 7) is 2.36. The Morgan fingerprint density at radius 2 is 1.70 bits per heavy atom. The van der Waals surface area contributed by atoms with E-state index in [0.717, 1.165) is 29.8 Å².